The number of nitrogens with zero attached hydrogens (tertiary/aromatic N) is 2. The van der Waals surface area contributed by atoms with Crippen molar-refractivity contribution < 1.29 is 9.90 Å². The monoisotopic (exact) mass is 311 g/mol. The van der Waals surface area contributed by atoms with E-state index in [1.807, 2.05) is 4.90 Å². The average Bonchev–Trinajstić information content (AvgIpc) is 3.22. The van der Waals surface area contributed by atoms with Crippen molar-refractivity contribution in [3.63, 3.8) is 0 Å². The van der Waals surface area contributed by atoms with Crippen LogP contribution in [0, 0.1) is 0 Å². The van der Waals surface area contributed by atoms with E-state index in [0.717, 1.165) is 24.8 Å². The third kappa shape index (κ3) is 3.28. The number of nitrogens with one attached hydrogen (secondary N) is 1. The number of aromatic amines is 1. The predicted molar refractivity (Wildman–Crippen MR) is 89.2 cm³/mol. The van der Waals surface area contributed by atoms with Crippen molar-refractivity contribution in [2.75, 3.05) is 6.54 Å². The molecule has 0 bridgehead atoms. The molecule has 23 heavy (non-hydrogen) atoms. The van der Waals surface area contributed by atoms with E-state index < -0.39 is 0 Å². The molecule has 1 aromatic carbocycles. The number of hydrogen-bond acceptors (Lipinski definition) is 3. The molecule has 3 rings (SSSR count). The minimum Gasteiger partial charge on any atom is -0.508 e. The molecule has 0 spiro atoms. The Balaban J connectivity index is 1.74. The molecule has 2 N–H and O–H groups in total. The second-order valence-electron chi connectivity index (χ2n) is 5.81. The smallest absolute Gasteiger partial charge is 0.272 e. The number of hydrogen-bond donors (Lipinski definition) is 2. The SMILES string of the molecule is CCCCC1C=CCN1C(=O)c1cc(-c2ccc(O)cc2)n[nH]1. The summed E-state index contributed by atoms with van der Waals surface area (Å²) in [6.07, 6.45) is 7.40. The highest BCUT2D eigenvalue weighted by Gasteiger charge is 2.26. The van der Waals surface area contributed by atoms with Crippen molar-refractivity contribution >= 4 is 5.91 Å². The lowest BCUT2D eigenvalue weighted by Gasteiger charge is -2.23. The van der Waals surface area contributed by atoms with Gasteiger partial charge in [0.25, 0.3) is 5.91 Å². The van der Waals surface area contributed by atoms with Crippen LogP contribution in [-0.4, -0.2) is 38.7 Å². The second kappa shape index (κ2) is 6.69. The van der Waals surface area contributed by atoms with Crippen molar-refractivity contribution in [1.29, 1.82) is 0 Å². The summed E-state index contributed by atoms with van der Waals surface area (Å²) in [5, 5.41) is 16.4. The molecule has 1 aromatic heterocycles. The fraction of sp³-hybridized carbons (Fsp3) is 0.333. The standard InChI is InChI=1S/C18H21N3O2/c1-2-3-5-14-6-4-11-21(14)18(23)17-12-16(19-20-17)13-7-9-15(22)10-8-13/h4,6-10,12,14,22H,2-3,5,11H2,1H3,(H,19,20). The van der Waals surface area contributed by atoms with Crippen molar-refractivity contribution in [2.45, 2.75) is 32.2 Å². The van der Waals surface area contributed by atoms with Gasteiger partial charge in [0.15, 0.2) is 0 Å². The van der Waals surface area contributed by atoms with E-state index in [9.17, 15) is 9.90 Å². The van der Waals surface area contributed by atoms with Gasteiger partial charge in [-0.1, -0.05) is 31.9 Å². The molecule has 0 aliphatic carbocycles. The summed E-state index contributed by atoms with van der Waals surface area (Å²) in [6.45, 7) is 2.81. The predicted octanol–water partition coefficient (Wildman–Crippen LogP) is 3.35. The summed E-state index contributed by atoms with van der Waals surface area (Å²) in [4.78, 5) is 14.6. The highest BCUT2D eigenvalue weighted by molar-refractivity contribution is 5.94. The van der Waals surface area contributed by atoms with E-state index in [4.69, 9.17) is 0 Å². The maximum absolute atomic E-state index is 12.7. The number of amides is 1. The van der Waals surface area contributed by atoms with Crippen LogP contribution in [0.1, 0.15) is 36.7 Å². The number of unbranched alkanes of at least 4 members (excludes halogenated alkanes) is 1. The lowest BCUT2D eigenvalue weighted by Crippen LogP contribution is -2.36. The van der Waals surface area contributed by atoms with Gasteiger partial charge in [-0.2, -0.15) is 5.10 Å². The number of aromatic nitrogens is 2. The molecule has 1 amide bonds. The van der Waals surface area contributed by atoms with Crippen LogP contribution in [0.4, 0.5) is 0 Å². The number of rotatable bonds is 5. The Kier molecular flexibility index (Phi) is 4.46. The molecule has 2 aromatic rings. The average molecular weight is 311 g/mol. The van der Waals surface area contributed by atoms with Crippen LogP contribution in [0.2, 0.25) is 0 Å². The van der Waals surface area contributed by atoms with Gasteiger partial charge in [-0.05, 0) is 36.8 Å². The Morgan fingerprint density at radius 3 is 2.91 bits per heavy atom. The summed E-state index contributed by atoms with van der Waals surface area (Å²) in [5.74, 6) is 0.191. The minimum atomic E-state index is -0.0198. The zero-order chi connectivity index (χ0) is 16.2. The zero-order valence-corrected chi connectivity index (χ0v) is 13.2. The number of H-pyrrole nitrogens is 1. The maximum atomic E-state index is 12.7. The Labute approximate surface area is 135 Å². The van der Waals surface area contributed by atoms with E-state index in [-0.39, 0.29) is 17.7 Å². The fourth-order valence-corrected chi connectivity index (χ4v) is 2.84. The maximum Gasteiger partial charge on any atom is 0.272 e. The first-order valence-electron chi connectivity index (χ1n) is 8.01. The van der Waals surface area contributed by atoms with Crippen LogP contribution in [0.25, 0.3) is 11.3 Å². The molecular weight excluding hydrogens is 290 g/mol. The Hall–Kier alpha value is -2.56. The molecule has 0 saturated carbocycles. The van der Waals surface area contributed by atoms with Gasteiger partial charge >= 0.3 is 0 Å². The number of phenolic OH excluding ortho intramolecular Hbond substituents is 1. The number of aromatic hydroxyl groups is 1. The lowest BCUT2D eigenvalue weighted by molar-refractivity contribution is 0.0737. The number of benzene rings is 1. The van der Waals surface area contributed by atoms with Crippen LogP contribution >= 0.6 is 0 Å². The van der Waals surface area contributed by atoms with Gasteiger partial charge in [0.05, 0.1) is 11.7 Å². The number of carbonyl (C=O) groups is 1. The molecule has 120 valence electrons. The van der Waals surface area contributed by atoms with E-state index in [1.54, 1.807) is 30.3 Å². The third-order valence-corrected chi connectivity index (χ3v) is 4.15. The van der Waals surface area contributed by atoms with E-state index >= 15 is 0 Å². The first-order valence-corrected chi connectivity index (χ1v) is 8.01. The molecule has 1 aliphatic rings. The molecule has 5 heteroatoms. The van der Waals surface area contributed by atoms with Crippen molar-refractivity contribution in [1.82, 2.24) is 15.1 Å². The topological polar surface area (TPSA) is 69.2 Å². The summed E-state index contributed by atoms with van der Waals surface area (Å²) in [5.41, 5.74) is 2.06. The molecule has 5 nitrogen and oxygen atoms in total. The largest absolute Gasteiger partial charge is 0.508 e. The van der Waals surface area contributed by atoms with Crippen LogP contribution in [-0.2, 0) is 0 Å². The molecule has 0 radical (unpaired) electrons. The van der Waals surface area contributed by atoms with Gasteiger partial charge in [-0.15, -0.1) is 0 Å². The first-order chi connectivity index (χ1) is 11.2. The highest BCUT2D eigenvalue weighted by atomic mass is 16.3. The third-order valence-electron chi connectivity index (χ3n) is 4.15. The van der Waals surface area contributed by atoms with Gasteiger partial charge < -0.3 is 10.0 Å². The Bertz CT molecular complexity index is 703. The quantitative estimate of drug-likeness (QED) is 0.832. The van der Waals surface area contributed by atoms with Crippen LogP contribution in [0.15, 0.2) is 42.5 Å². The van der Waals surface area contributed by atoms with Crippen molar-refractivity contribution in [3.8, 4) is 17.0 Å². The van der Waals surface area contributed by atoms with Gasteiger partial charge in [-0.3, -0.25) is 9.89 Å². The molecule has 0 fully saturated rings. The van der Waals surface area contributed by atoms with Gasteiger partial charge in [0.1, 0.15) is 11.4 Å². The highest BCUT2D eigenvalue weighted by Crippen LogP contribution is 2.23. The lowest BCUT2D eigenvalue weighted by atomic mass is 10.1. The molecule has 1 unspecified atom stereocenters. The first kappa shape index (κ1) is 15.3. The molecule has 1 atom stereocenters. The van der Waals surface area contributed by atoms with Crippen molar-refractivity contribution in [2.24, 2.45) is 0 Å². The van der Waals surface area contributed by atoms with Crippen LogP contribution in [0.5, 0.6) is 5.75 Å². The van der Waals surface area contributed by atoms with Gasteiger partial charge in [0.2, 0.25) is 0 Å². The van der Waals surface area contributed by atoms with E-state index in [2.05, 4.69) is 29.3 Å². The summed E-state index contributed by atoms with van der Waals surface area (Å²) >= 11 is 0. The molecular formula is C18H21N3O2. The summed E-state index contributed by atoms with van der Waals surface area (Å²) < 4.78 is 0. The molecule has 2 heterocycles. The van der Waals surface area contributed by atoms with Crippen LogP contribution < -0.4 is 0 Å². The second-order valence-corrected chi connectivity index (χ2v) is 5.81. The van der Waals surface area contributed by atoms with Crippen LogP contribution in [0.3, 0.4) is 0 Å². The Morgan fingerprint density at radius 1 is 1.39 bits per heavy atom. The summed E-state index contributed by atoms with van der Waals surface area (Å²) in [6, 6.07) is 8.72. The summed E-state index contributed by atoms with van der Waals surface area (Å²) in [7, 11) is 0. The van der Waals surface area contributed by atoms with E-state index in [0.29, 0.717) is 17.9 Å². The Morgan fingerprint density at radius 2 is 2.17 bits per heavy atom. The van der Waals surface area contributed by atoms with Crippen molar-refractivity contribution in [3.05, 3.63) is 48.2 Å². The van der Waals surface area contributed by atoms with E-state index in [1.165, 1.54) is 0 Å². The normalized spacial score (nSPS) is 16.9. The fourth-order valence-electron chi connectivity index (χ4n) is 2.84. The van der Waals surface area contributed by atoms with Gasteiger partial charge in [-0.25, -0.2) is 0 Å². The molecule has 1 aliphatic heterocycles. The zero-order valence-electron chi connectivity index (χ0n) is 13.2. The minimum absolute atomic E-state index is 0.0198. The molecule has 0 saturated heterocycles. The number of phenols is 1. The number of carbonyl (C=O) groups excluding carboxylic acids is 1. The van der Waals surface area contributed by atoms with Gasteiger partial charge in [0, 0.05) is 12.1 Å².